The molecule has 0 aliphatic rings. The lowest BCUT2D eigenvalue weighted by molar-refractivity contribution is -0.388. The lowest BCUT2D eigenvalue weighted by Crippen LogP contribution is -1.93. The van der Waals surface area contributed by atoms with Gasteiger partial charge >= 0.3 is 5.69 Å². The molecule has 6 heteroatoms. The van der Waals surface area contributed by atoms with Crippen LogP contribution in [-0.4, -0.2) is 9.91 Å². The molecule has 1 aromatic carbocycles. The molecule has 92 valence electrons. The Balaban J connectivity index is 2.39. The van der Waals surface area contributed by atoms with E-state index in [0.717, 1.165) is 10.5 Å². The van der Waals surface area contributed by atoms with Crippen LogP contribution in [0.4, 0.5) is 5.69 Å². The third kappa shape index (κ3) is 3.00. The van der Waals surface area contributed by atoms with Gasteiger partial charge in [0, 0.05) is 11.0 Å². The van der Waals surface area contributed by atoms with Crippen molar-refractivity contribution in [1.29, 1.82) is 0 Å². The molecule has 0 aliphatic heterocycles. The molecule has 4 nitrogen and oxygen atoms in total. The van der Waals surface area contributed by atoms with Crippen LogP contribution in [0.2, 0.25) is 5.15 Å². The highest BCUT2D eigenvalue weighted by atomic mass is 35.5. The van der Waals surface area contributed by atoms with Crippen LogP contribution >= 0.6 is 23.4 Å². The van der Waals surface area contributed by atoms with Gasteiger partial charge < -0.3 is 0 Å². The third-order valence-electron chi connectivity index (χ3n) is 2.21. The fourth-order valence-electron chi connectivity index (χ4n) is 1.42. The van der Waals surface area contributed by atoms with Crippen molar-refractivity contribution in [3.8, 4) is 0 Å². The average Bonchev–Trinajstić information content (AvgIpc) is 2.28. The van der Waals surface area contributed by atoms with E-state index in [-0.39, 0.29) is 10.8 Å². The highest BCUT2D eigenvalue weighted by Gasteiger charge is 2.16. The Hall–Kier alpha value is -1.59. The summed E-state index contributed by atoms with van der Waals surface area (Å²) in [5, 5.41) is 11.4. The predicted molar refractivity (Wildman–Crippen MR) is 71.2 cm³/mol. The minimum Gasteiger partial charge on any atom is -0.258 e. The molecule has 0 aliphatic carbocycles. The molecule has 0 saturated carbocycles. The zero-order valence-electron chi connectivity index (χ0n) is 9.46. The van der Waals surface area contributed by atoms with Crippen LogP contribution in [0.15, 0.2) is 46.3 Å². The molecule has 1 aromatic heterocycles. The summed E-state index contributed by atoms with van der Waals surface area (Å²) in [7, 11) is 0. The second kappa shape index (κ2) is 5.37. The number of aromatic nitrogens is 1. The molecule has 0 fully saturated rings. The average molecular weight is 281 g/mol. The van der Waals surface area contributed by atoms with Gasteiger partial charge in [-0.1, -0.05) is 41.1 Å². The van der Waals surface area contributed by atoms with E-state index in [4.69, 9.17) is 11.6 Å². The van der Waals surface area contributed by atoms with Gasteiger partial charge in [-0.05, 0) is 25.1 Å². The molecule has 0 unspecified atom stereocenters. The van der Waals surface area contributed by atoms with Crippen LogP contribution in [0.1, 0.15) is 5.56 Å². The molecule has 0 saturated heterocycles. The van der Waals surface area contributed by atoms with Gasteiger partial charge in [-0.2, -0.15) is 0 Å². The zero-order chi connectivity index (χ0) is 13.1. The smallest absolute Gasteiger partial charge is 0.258 e. The van der Waals surface area contributed by atoms with Gasteiger partial charge in [0.1, 0.15) is 5.15 Å². The Morgan fingerprint density at radius 2 is 2.11 bits per heavy atom. The Labute approximate surface area is 113 Å². The molecule has 18 heavy (non-hydrogen) atoms. The van der Waals surface area contributed by atoms with Gasteiger partial charge in [-0.15, -0.1) is 0 Å². The van der Waals surface area contributed by atoms with Crippen molar-refractivity contribution in [3.05, 3.63) is 57.2 Å². The third-order valence-corrected chi connectivity index (χ3v) is 3.40. The zero-order valence-corrected chi connectivity index (χ0v) is 11.0. The summed E-state index contributed by atoms with van der Waals surface area (Å²) in [6.45, 7) is 1.96. The molecule has 0 spiro atoms. The van der Waals surface area contributed by atoms with Crippen molar-refractivity contribution >= 4 is 29.1 Å². The van der Waals surface area contributed by atoms with Crippen LogP contribution in [0, 0.1) is 17.0 Å². The first-order chi connectivity index (χ1) is 8.56. The fourth-order valence-corrected chi connectivity index (χ4v) is 2.62. The highest BCUT2D eigenvalue weighted by molar-refractivity contribution is 7.99. The van der Waals surface area contributed by atoms with Crippen molar-refractivity contribution in [2.45, 2.75) is 16.8 Å². The number of aryl methyl sites for hydroxylation is 1. The first-order valence-corrected chi connectivity index (χ1v) is 6.31. The Kier molecular flexibility index (Phi) is 3.84. The van der Waals surface area contributed by atoms with Gasteiger partial charge in [0.15, 0.2) is 5.03 Å². The van der Waals surface area contributed by atoms with Crippen LogP contribution in [0.5, 0.6) is 0 Å². The molecule has 0 radical (unpaired) electrons. The number of hydrogen-bond donors (Lipinski definition) is 0. The van der Waals surface area contributed by atoms with Crippen molar-refractivity contribution in [1.82, 2.24) is 4.98 Å². The van der Waals surface area contributed by atoms with Crippen LogP contribution in [-0.2, 0) is 0 Å². The molecule has 0 amide bonds. The summed E-state index contributed by atoms with van der Waals surface area (Å²) < 4.78 is 0. The molecule has 1 heterocycles. The molecule has 0 bridgehead atoms. The van der Waals surface area contributed by atoms with E-state index in [1.807, 2.05) is 31.2 Å². The highest BCUT2D eigenvalue weighted by Crippen LogP contribution is 2.34. The summed E-state index contributed by atoms with van der Waals surface area (Å²) in [6.07, 6.45) is 0. The maximum Gasteiger partial charge on any atom is 0.301 e. The van der Waals surface area contributed by atoms with E-state index in [1.165, 1.54) is 23.9 Å². The number of pyridine rings is 1. The monoisotopic (exact) mass is 280 g/mol. The molecule has 2 rings (SSSR count). The lowest BCUT2D eigenvalue weighted by Gasteiger charge is -2.03. The summed E-state index contributed by atoms with van der Waals surface area (Å²) >= 11 is 7.01. The van der Waals surface area contributed by atoms with Gasteiger partial charge in [-0.3, -0.25) is 10.1 Å². The quantitative estimate of drug-likeness (QED) is 0.482. The van der Waals surface area contributed by atoms with Gasteiger partial charge in [-0.25, -0.2) is 4.98 Å². The maximum absolute atomic E-state index is 10.9. The van der Waals surface area contributed by atoms with Crippen LogP contribution in [0.25, 0.3) is 0 Å². The molecular weight excluding hydrogens is 272 g/mol. The predicted octanol–water partition coefficient (Wildman–Crippen LogP) is 4.10. The first kappa shape index (κ1) is 12.9. The number of halogens is 1. The number of hydrogen-bond acceptors (Lipinski definition) is 4. The first-order valence-electron chi connectivity index (χ1n) is 5.12. The van der Waals surface area contributed by atoms with Gasteiger partial charge in [0.2, 0.25) is 0 Å². The van der Waals surface area contributed by atoms with Crippen LogP contribution in [0.3, 0.4) is 0 Å². The van der Waals surface area contributed by atoms with Crippen molar-refractivity contribution < 1.29 is 4.92 Å². The Morgan fingerprint density at radius 3 is 2.78 bits per heavy atom. The molecule has 0 N–H and O–H groups in total. The number of nitro groups is 1. The topological polar surface area (TPSA) is 56.0 Å². The second-order valence-electron chi connectivity index (χ2n) is 3.63. The summed E-state index contributed by atoms with van der Waals surface area (Å²) in [5.41, 5.74) is 1.05. The lowest BCUT2D eigenvalue weighted by atomic mass is 10.2. The summed E-state index contributed by atoms with van der Waals surface area (Å²) in [5.74, 6) is 0. The molecule has 0 atom stereocenters. The van der Waals surface area contributed by atoms with E-state index < -0.39 is 4.92 Å². The number of nitrogens with zero attached hydrogens (tertiary/aromatic N) is 2. The van der Waals surface area contributed by atoms with E-state index in [9.17, 15) is 10.1 Å². The van der Waals surface area contributed by atoms with Crippen molar-refractivity contribution in [2.75, 3.05) is 0 Å². The molecule has 2 aromatic rings. The van der Waals surface area contributed by atoms with Crippen molar-refractivity contribution in [3.63, 3.8) is 0 Å². The van der Waals surface area contributed by atoms with Crippen molar-refractivity contribution in [2.24, 2.45) is 0 Å². The number of benzene rings is 1. The summed E-state index contributed by atoms with van der Waals surface area (Å²) in [4.78, 5) is 15.3. The minimum absolute atomic E-state index is 0.0362. The van der Waals surface area contributed by atoms with E-state index in [2.05, 4.69) is 4.98 Å². The van der Waals surface area contributed by atoms with Crippen LogP contribution < -0.4 is 0 Å². The Morgan fingerprint density at radius 1 is 1.33 bits per heavy atom. The fraction of sp³-hybridized carbons (Fsp3) is 0.0833. The standard InChI is InChI=1S/C12H9ClN2O2S/c1-8-3-2-4-9(7-8)18-12-10(15(16)17)5-6-11(13)14-12/h2-7H,1H3. The van der Waals surface area contributed by atoms with E-state index in [0.29, 0.717) is 5.03 Å². The van der Waals surface area contributed by atoms with Gasteiger partial charge in [0.25, 0.3) is 0 Å². The molecular formula is C12H9ClN2O2S. The minimum atomic E-state index is -0.457. The van der Waals surface area contributed by atoms with Gasteiger partial charge in [0.05, 0.1) is 4.92 Å². The summed E-state index contributed by atoms with van der Waals surface area (Å²) in [6, 6.07) is 10.5. The normalized spacial score (nSPS) is 10.3. The second-order valence-corrected chi connectivity index (χ2v) is 5.08. The van der Waals surface area contributed by atoms with E-state index >= 15 is 0 Å². The Bertz CT molecular complexity index is 604. The van der Waals surface area contributed by atoms with E-state index in [1.54, 1.807) is 0 Å². The maximum atomic E-state index is 10.9. The largest absolute Gasteiger partial charge is 0.301 e. The SMILES string of the molecule is Cc1cccc(Sc2nc(Cl)ccc2[N+](=O)[O-])c1. The number of rotatable bonds is 3.